The monoisotopic (exact) mass is 276 g/mol. The first-order valence-electron chi connectivity index (χ1n) is 7.39. The van der Waals surface area contributed by atoms with Gasteiger partial charge in [0.25, 0.3) is 0 Å². The maximum atomic E-state index is 11.8. The molecule has 0 aromatic heterocycles. The first-order valence-corrected chi connectivity index (χ1v) is 7.39. The molecule has 0 radical (unpaired) electrons. The minimum absolute atomic E-state index is 0.0575. The highest BCUT2D eigenvalue weighted by Gasteiger charge is 2.15. The van der Waals surface area contributed by atoms with E-state index in [4.69, 9.17) is 4.74 Å². The number of carbonyl (C=O) groups is 1. The summed E-state index contributed by atoms with van der Waals surface area (Å²) >= 11 is 0. The van der Waals surface area contributed by atoms with Crippen LogP contribution in [0, 0.1) is 0 Å². The second-order valence-electron chi connectivity index (χ2n) is 5.41. The Bertz CT molecular complexity index is 411. The molecule has 1 aromatic carbocycles. The van der Waals surface area contributed by atoms with Crippen LogP contribution in [0.15, 0.2) is 24.3 Å². The third-order valence-corrected chi connectivity index (χ3v) is 3.73. The van der Waals surface area contributed by atoms with Crippen molar-refractivity contribution in [3.05, 3.63) is 35.4 Å². The average Bonchev–Trinajstić information content (AvgIpc) is 2.48. The van der Waals surface area contributed by atoms with Crippen LogP contribution in [0.5, 0.6) is 0 Å². The molecule has 0 saturated heterocycles. The molecule has 1 aromatic rings. The van der Waals surface area contributed by atoms with E-state index < -0.39 is 0 Å². The normalized spacial score (nSPS) is 15.8. The summed E-state index contributed by atoms with van der Waals surface area (Å²) in [4.78, 5) is 11.8. The van der Waals surface area contributed by atoms with Gasteiger partial charge in [-0.3, -0.25) is 0 Å². The molecular weight excluding hydrogens is 252 g/mol. The van der Waals surface area contributed by atoms with Crippen LogP contribution in [-0.4, -0.2) is 19.2 Å². The number of carbonyl (C=O) groups excluding carboxylic acids is 1. The zero-order valence-corrected chi connectivity index (χ0v) is 12.2. The van der Waals surface area contributed by atoms with Gasteiger partial charge in [-0.1, -0.05) is 43.5 Å². The number of hydrogen-bond donors (Lipinski definition) is 2. The predicted octanol–water partition coefficient (Wildman–Crippen LogP) is 2.96. The zero-order valence-electron chi connectivity index (χ0n) is 12.2. The quantitative estimate of drug-likeness (QED) is 0.868. The second-order valence-corrected chi connectivity index (χ2v) is 5.41. The molecule has 1 saturated carbocycles. The number of urea groups is 1. The Morgan fingerprint density at radius 3 is 2.45 bits per heavy atom. The Labute approximate surface area is 120 Å². The van der Waals surface area contributed by atoms with E-state index in [1.807, 2.05) is 24.3 Å². The SMILES string of the molecule is COCc1ccc(CNC(=O)NC2CCCCC2)cc1. The summed E-state index contributed by atoms with van der Waals surface area (Å²) in [7, 11) is 1.69. The van der Waals surface area contributed by atoms with Gasteiger partial charge >= 0.3 is 6.03 Å². The Balaban J connectivity index is 1.72. The van der Waals surface area contributed by atoms with Crippen molar-refractivity contribution in [2.75, 3.05) is 7.11 Å². The molecule has 20 heavy (non-hydrogen) atoms. The maximum Gasteiger partial charge on any atom is 0.315 e. The van der Waals surface area contributed by atoms with E-state index in [-0.39, 0.29) is 6.03 Å². The molecule has 2 amide bonds. The molecule has 2 rings (SSSR count). The van der Waals surface area contributed by atoms with E-state index in [1.54, 1.807) is 7.11 Å². The van der Waals surface area contributed by atoms with E-state index >= 15 is 0 Å². The molecule has 110 valence electrons. The van der Waals surface area contributed by atoms with Gasteiger partial charge in [-0.15, -0.1) is 0 Å². The van der Waals surface area contributed by atoms with Crippen molar-refractivity contribution >= 4 is 6.03 Å². The van der Waals surface area contributed by atoms with Crippen LogP contribution >= 0.6 is 0 Å². The zero-order chi connectivity index (χ0) is 14.2. The Morgan fingerprint density at radius 2 is 1.80 bits per heavy atom. The average molecular weight is 276 g/mol. The third kappa shape index (κ3) is 4.85. The van der Waals surface area contributed by atoms with Gasteiger partial charge in [0, 0.05) is 19.7 Å². The number of ether oxygens (including phenoxy) is 1. The number of benzene rings is 1. The summed E-state index contributed by atoms with van der Waals surface area (Å²) in [5.41, 5.74) is 2.24. The lowest BCUT2D eigenvalue weighted by Gasteiger charge is -2.22. The summed E-state index contributed by atoms with van der Waals surface area (Å²) in [5.74, 6) is 0. The standard InChI is InChI=1S/C16H24N2O2/c1-20-12-14-9-7-13(8-10-14)11-17-16(19)18-15-5-3-2-4-6-15/h7-10,15H,2-6,11-12H2,1H3,(H2,17,18,19). The number of nitrogens with one attached hydrogen (secondary N) is 2. The molecule has 2 N–H and O–H groups in total. The molecular formula is C16H24N2O2. The maximum absolute atomic E-state index is 11.8. The Hall–Kier alpha value is -1.55. The Morgan fingerprint density at radius 1 is 1.15 bits per heavy atom. The van der Waals surface area contributed by atoms with Gasteiger partial charge in [0.05, 0.1) is 6.61 Å². The lowest BCUT2D eigenvalue weighted by atomic mass is 9.96. The van der Waals surface area contributed by atoms with Gasteiger partial charge in [0.15, 0.2) is 0 Å². The van der Waals surface area contributed by atoms with Crippen LogP contribution in [0.1, 0.15) is 43.2 Å². The van der Waals surface area contributed by atoms with Crippen molar-refractivity contribution in [3.63, 3.8) is 0 Å². The number of methoxy groups -OCH3 is 1. The van der Waals surface area contributed by atoms with Crippen molar-refractivity contribution in [1.82, 2.24) is 10.6 Å². The summed E-state index contributed by atoms with van der Waals surface area (Å²) in [6.07, 6.45) is 5.98. The van der Waals surface area contributed by atoms with Crippen LogP contribution < -0.4 is 10.6 Å². The van der Waals surface area contributed by atoms with Crippen molar-refractivity contribution < 1.29 is 9.53 Å². The Kier molecular flexibility index (Phi) is 5.87. The molecule has 0 heterocycles. The van der Waals surface area contributed by atoms with E-state index in [1.165, 1.54) is 19.3 Å². The van der Waals surface area contributed by atoms with Gasteiger partial charge in [0.1, 0.15) is 0 Å². The lowest BCUT2D eigenvalue weighted by molar-refractivity contribution is 0.185. The van der Waals surface area contributed by atoms with Crippen LogP contribution in [-0.2, 0) is 17.9 Å². The lowest BCUT2D eigenvalue weighted by Crippen LogP contribution is -2.42. The van der Waals surface area contributed by atoms with Crippen LogP contribution in [0.4, 0.5) is 4.79 Å². The van der Waals surface area contributed by atoms with Crippen LogP contribution in [0.25, 0.3) is 0 Å². The second kappa shape index (κ2) is 7.90. The largest absolute Gasteiger partial charge is 0.380 e. The van der Waals surface area contributed by atoms with E-state index in [9.17, 15) is 4.79 Å². The van der Waals surface area contributed by atoms with Crippen molar-refractivity contribution in [1.29, 1.82) is 0 Å². The third-order valence-electron chi connectivity index (χ3n) is 3.73. The van der Waals surface area contributed by atoms with Crippen LogP contribution in [0.3, 0.4) is 0 Å². The predicted molar refractivity (Wildman–Crippen MR) is 79.4 cm³/mol. The minimum Gasteiger partial charge on any atom is -0.380 e. The van der Waals surface area contributed by atoms with Gasteiger partial charge < -0.3 is 15.4 Å². The molecule has 4 nitrogen and oxygen atoms in total. The molecule has 1 aliphatic carbocycles. The molecule has 4 heteroatoms. The van der Waals surface area contributed by atoms with E-state index in [2.05, 4.69) is 10.6 Å². The fourth-order valence-corrected chi connectivity index (χ4v) is 2.59. The molecule has 0 bridgehead atoms. The van der Waals surface area contributed by atoms with Crippen molar-refractivity contribution in [3.8, 4) is 0 Å². The molecule has 1 aliphatic rings. The number of amides is 2. The first kappa shape index (κ1) is 14.9. The highest BCUT2D eigenvalue weighted by atomic mass is 16.5. The van der Waals surface area contributed by atoms with E-state index in [0.717, 1.165) is 24.0 Å². The highest BCUT2D eigenvalue weighted by molar-refractivity contribution is 5.74. The van der Waals surface area contributed by atoms with Crippen molar-refractivity contribution in [2.24, 2.45) is 0 Å². The highest BCUT2D eigenvalue weighted by Crippen LogP contribution is 2.17. The fraction of sp³-hybridized carbons (Fsp3) is 0.562. The van der Waals surface area contributed by atoms with Crippen molar-refractivity contribution in [2.45, 2.75) is 51.3 Å². The fourth-order valence-electron chi connectivity index (χ4n) is 2.59. The summed E-state index contributed by atoms with van der Waals surface area (Å²) in [6.45, 7) is 1.18. The molecule has 0 atom stereocenters. The van der Waals surface area contributed by atoms with Gasteiger partial charge in [-0.05, 0) is 24.0 Å². The number of hydrogen-bond acceptors (Lipinski definition) is 2. The minimum atomic E-state index is -0.0575. The number of rotatable bonds is 5. The van der Waals surface area contributed by atoms with Crippen LogP contribution in [0.2, 0.25) is 0 Å². The summed E-state index contributed by atoms with van der Waals surface area (Å²) in [6, 6.07) is 8.40. The molecule has 0 spiro atoms. The van der Waals surface area contributed by atoms with E-state index in [0.29, 0.717) is 19.2 Å². The molecule has 0 unspecified atom stereocenters. The molecule has 1 fully saturated rings. The van der Waals surface area contributed by atoms with Gasteiger partial charge in [-0.2, -0.15) is 0 Å². The van der Waals surface area contributed by atoms with Gasteiger partial charge in [0.2, 0.25) is 0 Å². The first-order chi connectivity index (χ1) is 9.78. The van der Waals surface area contributed by atoms with Gasteiger partial charge in [-0.25, -0.2) is 4.79 Å². The smallest absolute Gasteiger partial charge is 0.315 e. The topological polar surface area (TPSA) is 50.4 Å². The summed E-state index contributed by atoms with van der Waals surface area (Å²) in [5, 5.41) is 5.97. The molecule has 0 aliphatic heterocycles. The summed E-state index contributed by atoms with van der Waals surface area (Å²) < 4.78 is 5.07.